The first kappa shape index (κ1) is 12.5. The number of hydrogen-bond donors (Lipinski definition) is 2. The third-order valence-corrected chi connectivity index (χ3v) is 3.98. The predicted molar refractivity (Wildman–Crippen MR) is 67.4 cm³/mol. The predicted octanol–water partition coefficient (Wildman–Crippen LogP) is 1.70. The van der Waals surface area contributed by atoms with E-state index in [4.69, 9.17) is 5.11 Å². The molecule has 0 aliphatic carbocycles. The van der Waals surface area contributed by atoms with Crippen LogP contribution in [0.25, 0.3) is 0 Å². The lowest BCUT2D eigenvalue weighted by Crippen LogP contribution is -2.30. The average molecular weight is 254 g/mol. The van der Waals surface area contributed by atoms with E-state index < -0.39 is 5.97 Å². The number of hydrogen-bond acceptors (Lipinski definition) is 4. The second-order valence-electron chi connectivity index (χ2n) is 4.54. The van der Waals surface area contributed by atoms with Crippen LogP contribution in [0.5, 0.6) is 0 Å². The molecule has 2 heterocycles. The van der Waals surface area contributed by atoms with Gasteiger partial charge in [0.2, 0.25) is 0 Å². The summed E-state index contributed by atoms with van der Waals surface area (Å²) in [6.07, 6.45) is 4.28. The van der Waals surface area contributed by atoms with E-state index in [9.17, 15) is 4.79 Å². The van der Waals surface area contributed by atoms with E-state index in [-0.39, 0.29) is 6.42 Å². The first-order chi connectivity index (χ1) is 8.24. The fourth-order valence-corrected chi connectivity index (χ4v) is 3.08. The van der Waals surface area contributed by atoms with Crippen LogP contribution in [0.3, 0.4) is 0 Å². The smallest absolute Gasteiger partial charge is 0.303 e. The molecule has 0 radical (unpaired) electrons. The Bertz CT molecular complexity index is 372. The van der Waals surface area contributed by atoms with E-state index in [0.717, 1.165) is 30.2 Å². The Morgan fingerprint density at radius 1 is 1.65 bits per heavy atom. The molecule has 0 spiro atoms. The Morgan fingerprint density at radius 2 is 2.53 bits per heavy atom. The van der Waals surface area contributed by atoms with Gasteiger partial charge in [-0.15, -0.1) is 11.3 Å². The molecule has 1 fully saturated rings. The molecule has 1 aliphatic heterocycles. The molecule has 94 valence electrons. The van der Waals surface area contributed by atoms with E-state index in [1.165, 1.54) is 12.8 Å². The molecule has 1 unspecified atom stereocenters. The van der Waals surface area contributed by atoms with Crippen LogP contribution in [0, 0.1) is 5.92 Å². The van der Waals surface area contributed by atoms with Crippen molar-refractivity contribution in [3.05, 3.63) is 16.1 Å². The summed E-state index contributed by atoms with van der Waals surface area (Å²) in [5.74, 6) is -0.0572. The van der Waals surface area contributed by atoms with Gasteiger partial charge in [0.05, 0.1) is 17.1 Å². The first-order valence-electron chi connectivity index (χ1n) is 6.10. The van der Waals surface area contributed by atoms with Crippen molar-refractivity contribution in [3.8, 4) is 0 Å². The van der Waals surface area contributed by atoms with Crippen LogP contribution in [0.1, 0.15) is 30.0 Å². The van der Waals surface area contributed by atoms with Crippen molar-refractivity contribution in [1.82, 2.24) is 10.3 Å². The molecule has 17 heavy (non-hydrogen) atoms. The van der Waals surface area contributed by atoms with Crippen molar-refractivity contribution in [1.29, 1.82) is 0 Å². The topological polar surface area (TPSA) is 62.2 Å². The lowest BCUT2D eigenvalue weighted by molar-refractivity contribution is -0.136. The molecule has 0 saturated carbocycles. The summed E-state index contributed by atoms with van der Waals surface area (Å²) in [6.45, 7) is 2.22. The number of carboxylic acid groups (broad SMARTS) is 1. The van der Waals surface area contributed by atoms with Gasteiger partial charge in [-0.05, 0) is 31.8 Å². The quantitative estimate of drug-likeness (QED) is 0.839. The number of nitrogens with zero attached hydrogens (tertiary/aromatic N) is 1. The molecule has 1 aliphatic rings. The highest BCUT2D eigenvalue weighted by atomic mass is 32.1. The van der Waals surface area contributed by atoms with E-state index >= 15 is 0 Å². The minimum Gasteiger partial charge on any atom is -0.481 e. The van der Waals surface area contributed by atoms with Crippen molar-refractivity contribution < 1.29 is 9.90 Å². The minimum atomic E-state index is -0.754. The van der Waals surface area contributed by atoms with Gasteiger partial charge in [0.15, 0.2) is 0 Å². The lowest BCUT2D eigenvalue weighted by Gasteiger charge is -2.21. The minimum absolute atomic E-state index is 0.175. The Labute approximate surface area is 105 Å². The summed E-state index contributed by atoms with van der Waals surface area (Å²) < 4.78 is 0. The molecular weight excluding hydrogens is 236 g/mol. The third kappa shape index (κ3) is 4.09. The summed E-state index contributed by atoms with van der Waals surface area (Å²) in [5, 5.41) is 15.2. The van der Waals surface area contributed by atoms with Crippen molar-refractivity contribution in [2.24, 2.45) is 5.92 Å². The molecule has 0 amide bonds. The third-order valence-electron chi connectivity index (χ3n) is 3.06. The molecule has 1 aromatic rings. The maximum atomic E-state index is 10.5. The van der Waals surface area contributed by atoms with Crippen LogP contribution in [0.4, 0.5) is 0 Å². The van der Waals surface area contributed by atoms with Crippen LogP contribution < -0.4 is 5.32 Å². The van der Waals surface area contributed by atoms with E-state index in [0.29, 0.717) is 12.3 Å². The molecule has 0 aromatic carbocycles. The number of thiazole rings is 1. The van der Waals surface area contributed by atoms with Gasteiger partial charge < -0.3 is 10.4 Å². The normalized spacial score (nSPS) is 20.4. The van der Waals surface area contributed by atoms with Gasteiger partial charge in [-0.3, -0.25) is 4.79 Å². The van der Waals surface area contributed by atoms with Crippen LogP contribution >= 0.6 is 11.3 Å². The second-order valence-corrected chi connectivity index (χ2v) is 5.49. The Hall–Kier alpha value is -0.940. The molecule has 1 atom stereocenters. The maximum Gasteiger partial charge on any atom is 0.303 e. The van der Waals surface area contributed by atoms with Crippen molar-refractivity contribution in [2.75, 3.05) is 13.1 Å². The summed E-state index contributed by atoms with van der Waals surface area (Å²) in [4.78, 5) is 15.0. The number of aromatic nitrogens is 1. The van der Waals surface area contributed by atoms with Crippen molar-refractivity contribution >= 4 is 17.3 Å². The molecular formula is C12H18N2O2S. The number of nitrogens with one attached hydrogen (secondary N) is 1. The molecule has 0 bridgehead atoms. The van der Waals surface area contributed by atoms with Gasteiger partial charge >= 0.3 is 5.97 Å². The standard InChI is InChI=1S/C12H18N2O2S/c15-12(16)4-3-10-8-17-11(14-10)6-9-2-1-5-13-7-9/h8-9,13H,1-7H2,(H,15,16). The fraction of sp³-hybridized carbons (Fsp3) is 0.667. The first-order valence-corrected chi connectivity index (χ1v) is 6.98. The van der Waals surface area contributed by atoms with Gasteiger partial charge in [0.25, 0.3) is 0 Å². The summed E-state index contributed by atoms with van der Waals surface area (Å²) >= 11 is 1.66. The van der Waals surface area contributed by atoms with Gasteiger partial charge in [0.1, 0.15) is 0 Å². The monoisotopic (exact) mass is 254 g/mol. The number of carboxylic acids is 1. The zero-order valence-electron chi connectivity index (χ0n) is 9.82. The van der Waals surface area contributed by atoms with Crippen LogP contribution in [-0.4, -0.2) is 29.1 Å². The summed E-state index contributed by atoms with van der Waals surface area (Å²) in [6, 6.07) is 0. The Morgan fingerprint density at radius 3 is 3.24 bits per heavy atom. The van der Waals surface area contributed by atoms with Crippen LogP contribution in [-0.2, 0) is 17.6 Å². The van der Waals surface area contributed by atoms with Gasteiger partial charge in [-0.2, -0.15) is 0 Å². The molecule has 1 saturated heterocycles. The SMILES string of the molecule is O=C(O)CCc1csc(CC2CCCNC2)n1. The van der Waals surface area contributed by atoms with Gasteiger partial charge in [-0.1, -0.05) is 0 Å². The van der Waals surface area contributed by atoms with Gasteiger partial charge in [-0.25, -0.2) is 4.98 Å². The molecule has 1 aromatic heterocycles. The maximum absolute atomic E-state index is 10.5. The fourth-order valence-electron chi connectivity index (χ4n) is 2.14. The average Bonchev–Trinajstić information content (AvgIpc) is 2.75. The Balaban J connectivity index is 1.82. The number of carbonyl (C=O) groups is 1. The van der Waals surface area contributed by atoms with Crippen molar-refractivity contribution in [3.63, 3.8) is 0 Å². The van der Waals surface area contributed by atoms with Gasteiger partial charge in [0, 0.05) is 18.2 Å². The zero-order chi connectivity index (χ0) is 12.1. The molecule has 5 heteroatoms. The second kappa shape index (κ2) is 6.12. The number of aliphatic carboxylic acids is 1. The van der Waals surface area contributed by atoms with E-state index in [1.807, 2.05) is 5.38 Å². The molecule has 2 N–H and O–H groups in total. The molecule has 2 rings (SSSR count). The number of aryl methyl sites for hydroxylation is 1. The summed E-state index contributed by atoms with van der Waals surface area (Å²) in [5.41, 5.74) is 0.927. The van der Waals surface area contributed by atoms with Crippen LogP contribution in [0.15, 0.2) is 5.38 Å². The van der Waals surface area contributed by atoms with Crippen molar-refractivity contribution in [2.45, 2.75) is 32.1 Å². The highest BCUT2D eigenvalue weighted by molar-refractivity contribution is 7.09. The highest BCUT2D eigenvalue weighted by Gasteiger charge is 2.15. The Kier molecular flexibility index (Phi) is 4.50. The largest absolute Gasteiger partial charge is 0.481 e. The summed E-state index contributed by atoms with van der Waals surface area (Å²) in [7, 11) is 0. The van der Waals surface area contributed by atoms with Crippen LogP contribution in [0.2, 0.25) is 0 Å². The molecule has 4 nitrogen and oxygen atoms in total. The van der Waals surface area contributed by atoms with E-state index in [2.05, 4.69) is 10.3 Å². The number of rotatable bonds is 5. The zero-order valence-corrected chi connectivity index (χ0v) is 10.6. The van der Waals surface area contributed by atoms with E-state index in [1.54, 1.807) is 11.3 Å². The highest BCUT2D eigenvalue weighted by Crippen LogP contribution is 2.19. The number of piperidine rings is 1. The lowest BCUT2D eigenvalue weighted by atomic mass is 9.97.